The highest BCUT2D eigenvalue weighted by Gasteiger charge is 2.38. The third-order valence-corrected chi connectivity index (χ3v) is 5.23. The summed E-state index contributed by atoms with van der Waals surface area (Å²) in [4.78, 5) is 24.4. The second-order valence-electron chi connectivity index (χ2n) is 7.75. The molecule has 1 amide bonds. The third kappa shape index (κ3) is 5.45. The maximum absolute atomic E-state index is 12.5. The van der Waals surface area contributed by atoms with E-state index in [4.69, 9.17) is 14.7 Å². The van der Waals surface area contributed by atoms with E-state index in [1.165, 1.54) is 27.0 Å². The van der Waals surface area contributed by atoms with Gasteiger partial charge in [0.1, 0.15) is 6.61 Å². The first-order chi connectivity index (χ1) is 16.3. The number of benzene rings is 3. The third-order valence-electron chi connectivity index (χ3n) is 5.23. The fraction of sp³-hybridized carbons (Fsp3) is 0.192. The van der Waals surface area contributed by atoms with Crippen LogP contribution in [0.2, 0.25) is 0 Å². The van der Waals surface area contributed by atoms with Crippen LogP contribution in [0.1, 0.15) is 30.5 Å². The highest BCUT2D eigenvalue weighted by atomic mass is 16.5. The summed E-state index contributed by atoms with van der Waals surface area (Å²) < 4.78 is 11.4. The second-order valence-corrected chi connectivity index (χ2v) is 7.75. The lowest BCUT2D eigenvalue weighted by atomic mass is 9.89. The van der Waals surface area contributed by atoms with Gasteiger partial charge in [0.15, 0.2) is 17.0 Å². The molecule has 0 aromatic heterocycles. The van der Waals surface area contributed by atoms with Gasteiger partial charge in [-0.3, -0.25) is 4.79 Å². The van der Waals surface area contributed by atoms with Gasteiger partial charge in [0.2, 0.25) is 5.91 Å². The van der Waals surface area contributed by atoms with Crippen LogP contribution in [0.3, 0.4) is 0 Å². The smallest absolute Gasteiger partial charge is 0.333 e. The minimum absolute atomic E-state index is 0.260. The largest absolute Gasteiger partial charge is 0.493 e. The molecule has 0 bridgehead atoms. The average Bonchev–Trinajstić information content (AvgIpc) is 2.83. The van der Waals surface area contributed by atoms with Crippen LogP contribution >= 0.6 is 0 Å². The zero-order valence-corrected chi connectivity index (χ0v) is 19.1. The summed E-state index contributed by atoms with van der Waals surface area (Å²) >= 11 is 0. The molecule has 34 heavy (non-hydrogen) atoms. The summed E-state index contributed by atoms with van der Waals surface area (Å²) in [5.41, 5.74) is 0.750. The molecule has 8 heteroatoms. The Balaban J connectivity index is 2.05. The summed E-state index contributed by atoms with van der Waals surface area (Å²) in [5.74, 6) is -0.880. The Morgan fingerprint density at radius 1 is 1.06 bits per heavy atom. The van der Waals surface area contributed by atoms with E-state index in [2.05, 4.69) is 10.6 Å². The van der Waals surface area contributed by atoms with Gasteiger partial charge in [-0.25, -0.2) is 4.79 Å². The molecule has 3 aromatic carbocycles. The molecule has 8 nitrogen and oxygen atoms in total. The predicted molar refractivity (Wildman–Crippen MR) is 128 cm³/mol. The standard InChI is InChI=1S/C26H25N3O5/c1-17(30)28-22-14-24(34-16-19-7-5-4-6-8-19)23(33-3)13-21(22)26(2,25(31)32)29-20-11-9-18(15-27)10-12-20/h4-14,29H,16H2,1-3H3,(H,28,30)(H,31,32). The van der Waals surface area contributed by atoms with Crippen molar-refractivity contribution in [3.63, 3.8) is 0 Å². The molecule has 0 aliphatic carbocycles. The van der Waals surface area contributed by atoms with E-state index in [-0.39, 0.29) is 23.8 Å². The average molecular weight is 460 g/mol. The summed E-state index contributed by atoms with van der Waals surface area (Å²) in [5, 5.41) is 24.9. The molecule has 0 aliphatic heterocycles. The van der Waals surface area contributed by atoms with E-state index in [0.29, 0.717) is 22.7 Å². The van der Waals surface area contributed by atoms with Gasteiger partial charge in [0.05, 0.1) is 24.4 Å². The first kappa shape index (κ1) is 24.1. The summed E-state index contributed by atoms with van der Waals surface area (Å²) in [6.45, 7) is 3.08. The van der Waals surface area contributed by atoms with Crippen molar-refractivity contribution in [1.29, 1.82) is 5.26 Å². The molecule has 0 heterocycles. The van der Waals surface area contributed by atoms with E-state index in [1.807, 2.05) is 36.4 Å². The van der Waals surface area contributed by atoms with E-state index in [9.17, 15) is 14.7 Å². The number of hydrogen-bond acceptors (Lipinski definition) is 6. The molecule has 3 rings (SSSR count). The van der Waals surface area contributed by atoms with Crippen LogP contribution in [0.4, 0.5) is 11.4 Å². The summed E-state index contributed by atoms with van der Waals surface area (Å²) in [6.07, 6.45) is 0. The SMILES string of the molecule is COc1cc(C(C)(Nc2ccc(C#N)cc2)C(=O)O)c(NC(C)=O)cc1OCc1ccccc1. The Hall–Kier alpha value is -4.51. The number of amides is 1. The lowest BCUT2D eigenvalue weighted by Crippen LogP contribution is -2.41. The molecule has 174 valence electrons. The zero-order valence-electron chi connectivity index (χ0n) is 19.1. The number of nitriles is 1. The number of anilines is 2. The minimum atomic E-state index is -1.66. The molecule has 1 atom stereocenters. The maximum Gasteiger partial charge on any atom is 0.333 e. The second kappa shape index (κ2) is 10.4. The Morgan fingerprint density at radius 3 is 2.29 bits per heavy atom. The Kier molecular flexibility index (Phi) is 7.39. The van der Waals surface area contributed by atoms with E-state index in [0.717, 1.165) is 5.56 Å². The lowest BCUT2D eigenvalue weighted by molar-refractivity contribution is -0.142. The molecule has 3 N–H and O–H groups in total. The predicted octanol–water partition coefficient (Wildman–Crippen LogP) is 4.52. The van der Waals surface area contributed by atoms with Crippen LogP contribution in [0, 0.1) is 11.3 Å². The van der Waals surface area contributed by atoms with E-state index < -0.39 is 11.5 Å². The van der Waals surface area contributed by atoms with Crippen LogP contribution in [0.5, 0.6) is 11.5 Å². The number of rotatable bonds is 9. The van der Waals surface area contributed by atoms with Crippen LogP contribution < -0.4 is 20.1 Å². The number of hydrogen-bond donors (Lipinski definition) is 3. The quantitative estimate of drug-likeness (QED) is 0.430. The lowest BCUT2D eigenvalue weighted by Gasteiger charge is -2.31. The zero-order chi connectivity index (χ0) is 24.7. The molecule has 1 unspecified atom stereocenters. The molecule has 0 saturated carbocycles. The maximum atomic E-state index is 12.5. The number of carboxylic acid groups (broad SMARTS) is 1. The normalized spacial score (nSPS) is 12.1. The number of nitrogens with zero attached hydrogens (tertiary/aromatic N) is 1. The van der Waals surface area contributed by atoms with Crippen LogP contribution in [-0.2, 0) is 21.7 Å². The Morgan fingerprint density at radius 2 is 1.74 bits per heavy atom. The topological polar surface area (TPSA) is 121 Å². The number of nitrogens with one attached hydrogen (secondary N) is 2. The fourth-order valence-corrected chi connectivity index (χ4v) is 3.43. The van der Waals surface area contributed by atoms with Crippen molar-refractivity contribution < 1.29 is 24.2 Å². The molecule has 0 fully saturated rings. The molecular formula is C26H25N3O5. The van der Waals surface area contributed by atoms with Gasteiger partial charge in [-0.15, -0.1) is 0 Å². The van der Waals surface area contributed by atoms with Gasteiger partial charge in [0.25, 0.3) is 0 Å². The minimum Gasteiger partial charge on any atom is -0.493 e. The molecule has 0 aliphatic rings. The van der Waals surface area contributed by atoms with Crippen molar-refractivity contribution in [2.24, 2.45) is 0 Å². The van der Waals surface area contributed by atoms with Crippen molar-refractivity contribution in [1.82, 2.24) is 0 Å². The Labute approximate surface area is 197 Å². The Bertz CT molecular complexity index is 1220. The number of ether oxygens (including phenoxy) is 2. The van der Waals surface area contributed by atoms with Crippen LogP contribution in [0.25, 0.3) is 0 Å². The first-order valence-corrected chi connectivity index (χ1v) is 10.5. The molecule has 0 saturated heterocycles. The van der Waals surface area contributed by atoms with Crippen molar-refractivity contribution in [3.05, 3.63) is 83.4 Å². The van der Waals surface area contributed by atoms with Gasteiger partial charge >= 0.3 is 5.97 Å². The molecule has 0 radical (unpaired) electrons. The van der Waals surface area contributed by atoms with E-state index in [1.54, 1.807) is 30.3 Å². The summed E-state index contributed by atoms with van der Waals surface area (Å²) in [6, 6.07) is 21.1. The van der Waals surface area contributed by atoms with Gasteiger partial charge in [0, 0.05) is 24.2 Å². The highest BCUT2D eigenvalue weighted by molar-refractivity contribution is 5.94. The van der Waals surface area contributed by atoms with E-state index >= 15 is 0 Å². The van der Waals surface area contributed by atoms with Crippen LogP contribution in [-0.4, -0.2) is 24.1 Å². The number of aliphatic carboxylic acids is 1. The molecule has 3 aromatic rings. The van der Waals surface area contributed by atoms with Crippen molar-refractivity contribution in [2.45, 2.75) is 26.0 Å². The number of carboxylic acids is 1. The van der Waals surface area contributed by atoms with Crippen molar-refractivity contribution in [2.75, 3.05) is 17.7 Å². The fourth-order valence-electron chi connectivity index (χ4n) is 3.43. The van der Waals surface area contributed by atoms with Crippen molar-refractivity contribution in [3.8, 4) is 17.6 Å². The number of methoxy groups -OCH3 is 1. The van der Waals surface area contributed by atoms with Crippen molar-refractivity contribution >= 4 is 23.3 Å². The van der Waals surface area contributed by atoms with Gasteiger partial charge in [-0.2, -0.15) is 5.26 Å². The molecular weight excluding hydrogens is 434 g/mol. The van der Waals surface area contributed by atoms with Crippen LogP contribution in [0.15, 0.2) is 66.7 Å². The van der Waals surface area contributed by atoms with Gasteiger partial charge in [-0.1, -0.05) is 30.3 Å². The highest BCUT2D eigenvalue weighted by Crippen LogP contribution is 2.40. The van der Waals surface area contributed by atoms with Gasteiger partial charge < -0.3 is 25.2 Å². The van der Waals surface area contributed by atoms with Gasteiger partial charge in [-0.05, 0) is 42.8 Å². The number of carbonyl (C=O) groups excluding carboxylic acids is 1. The monoisotopic (exact) mass is 459 g/mol. The summed E-state index contributed by atoms with van der Waals surface area (Å²) in [7, 11) is 1.46. The first-order valence-electron chi connectivity index (χ1n) is 10.5. The number of carbonyl (C=O) groups is 2. The molecule has 0 spiro atoms.